The molecule has 0 atom stereocenters. The van der Waals surface area contributed by atoms with E-state index in [-0.39, 0.29) is 11.5 Å². The van der Waals surface area contributed by atoms with Crippen molar-refractivity contribution in [3.8, 4) is 5.75 Å². The van der Waals surface area contributed by atoms with Gasteiger partial charge in [0.2, 0.25) is 0 Å². The van der Waals surface area contributed by atoms with Crippen molar-refractivity contribution >= 4 is 34.2 Å². The summed E-state index contributed by atoms with van der Waals surface area (Å²) in [5, 5.41) is 4.15. The van der Waals surface area contributed by atoms with Gasteiger partial charge in [0.05, 0.1) is 10.7 Å². The Balaban J connectivity index is 1.42. The molecule has 1 aromatic heterocycles. The third kappa shape index (κ3) is 4.36. The molecule has 1 amide bonds. The summed E-state index contributed by atoms with van der Waals surface area (Å²) in [6.07, 6.45) is 0. The van der Waals surface area contributed by atoms with Gasteiger partial charge in [0, 0.05) is 23.1 Å². The van der Waals surface area contributed by atoms with Gasteiger partial charge in [-0.3, -0.25) is 4.79 Å². The molecule has 0 saturated heterocycles. The van der Waals surface area contributed by atoms with Crippen LogP contribution in [0.1, 0.15) is 21.5 Å². The first-order chi connectivity index (χ1) is 14.5. The van der Waals surface area contributed by atoms with Crippen molar-refractivity contribution in [1.29, 1.82) is 0 Å². The molecule has 6 heteroatoms. The summed E-state index contributed by atoms with van der Waals surface area (Å²) in [6, 6.07) is 21.1. The van der Waals surface area contributed by atoms with Crippen LogP contribution < -0.4 is 15.7 Å². The molecule has 1 N–H and O–H groups in total. The van der Waals surface area contributed by atoms with Crippen molar-refractivity contribution in [2.75, 3.05) is 5.32 Å². The molecule has 4 rings (SSSR count). The molecule has 0 fully saturated rings. The second-order valence-corrected chi connectivity index (χ2v) is 7.23. The monoisotopic (exact) mass is 419 g/mol. The van der Waals surface area contributed by atoms with Crippen LogP contribution in [0.5, 0.6) is 5.75 Å². The van der Waals surface area contributed by atoms with Crippen molar-refractivity contribution in [3.63, 3.8) is 0 Å². The molecule has 0 saturated carbocycles. The first kappa shape index (κ1) is 19.7. The molecule has 0 spiro atoms. The van der Waals surface area contributed by atoms with Crippen LogP contribution in [0, 0.1) is 6.92 Å². The van der Waals surface area contributed by atoms with Crippen LogP contribution in [0.3, 0.4) is 0 Å². The Bertz CT molecular complexity index is 1280. The number of fused-ring (bicyclic) bond motifs is 1. The number of ether oxygens (including phenoxy) is 1. The van der Waals surface area contributed by atoms with E-state index >= 15 is 0 Å². The predicted octanol–water partition coefficient (Wildman–Crippen LogP) is 5.59. The summed E-state index contributed by atoms with van der Waals surface area (Å²) in [5.41, 5.74) is 2.94. The molecule has 3 aromatic carbocycles. The minimum atomic E-state index is -0.386. The lowest BCUT2D eigenvalue weighted by Crippen LogP contribution is -2.12. The van der Waals surface area contributed by atoms with E-state index in [4.69, 9.17) is 20.8 Å². The molecule has 0 unspecified atom stereocenters. The zero-order valence-electron chi connectivity index (χ0n) is 16.1. The van der Waals surface area contributed by atoms with Gasteiger partial charge in [-0.05, 0) is 54.4 Å². The van der Waals surface area contributed by atoms with Gasteiger partial charge in [0.25, 0.3) is 5.91 Å². The summed E-state index contributed by atoms with van der Waals surface area (Å²) in [4.78, 5) is 24.0. The molecule has 1 heterocycles. The highest BCUT2D eigenvalue weighted by molar-refractivity contribution is 6.33. The highest BCUT2D eigenvalue weighted by Crippen LogP contribution is 2.23. The predicted molar refractivity (Wildman–Crippen MR) is 117 cm³/mol. The van der Waals surface area contributed by atoms with Crippen molar-refractivity contribution in [2.45, 2.75) is 13.5 Å². The summed E-state index contributed by atoms with van der Waals surface area (Å²) in [6.45, 7) is 2.18. The number of nitrogens with one attached hydrogen (secondary N) is 1. The smallest absolute Gasteiger partial charge is 0.336 e. The lowest BCUT2D eigenvalue weighted by molar-refractivity contribution is 0.102. The van der Waals surface area contributed by atoms with E-state index < -0.39 is 0 Å². The summed E-state index contributed by atoms with van der Waals surface area (Å²) < 4.78 is 11.1. The average Bonchev–Trinajstić information content (AvgIpc) is 2.74. The lowest BCUT2D eigenvalue weighted by Gasteiger charge is -2.09. The fourth-order valence-corrected chi connectivity index (χ4v) is 3.25. The number of rotatable bonds is 5. The zero-order chi connectivity index (χ0) is 21.1. The molecule has 0 aliphatic heterocycles. The van der Waals surface area contributed by atoms with Gasteiger partial charge in [-0.15, -0.1) is 0 Å². The van der Waals surface area contributed by atoms with Gasteiger partial charge in [0.15, 0.2) is 0 Å². The Labute approximate surface area is 177 Å². The van der Waals surface area contributed by atoms with E-state index in [0.717, 1.165) is 16.5 Å². The van der Waals surface area contributed by atoms with Crippen molar-refractivity contribution in [1.82, 2.24) is 0 Å². The van der Waals surface area contributed by atoms with Gasteiger partial charge in [-0.1, -0.05) is 35.9 Å². The maximum atomic E-state index is 12.4. The highest BCUT2D eigenvalue weighted by Gasteiger charge is 2.09. The van der Waals surface area contributed by atoms with Crippen molar-refractivity contribution in [3.05, 3.63) is 105 Å². The number of hydrogen-bond acceptors (Lipinski definition) is 4. The van der Waals surface area contributed by atoms with Gasteiger partial charge in [0.1, 0.15) is 17.9 Å². The van der Waals surface area contributed by atoms with Gasteiger partial charge in [-0.2, -0.15) is 0 Å². The van der Waals surface area contributed by atoms with Gasteiger partial charge in [-0.25, -0.2) is 4.79 Å². The summed E-state index contributed by atoms with van der Waals surface area (Å²) >= 11 is 6.08. The number of anilines is 1. The number of halogens is 1. The van der Waals surface area contributed by atoms with E-state index in [1.54, 1.807) is 42.5 Å². The van der Waals surface area contributed by atoms with Crippen LogP contribution in [0.25, 0.3) is 11.0 Å². The molecule has 0 radical (unpaired) electrons. The Kier molecular flexibility index (Phi) is 5.55. The standard InChI is InChI=1S/C24H18ClNO4/c1-15-12-23(27)30-22-13-18(10-11-19(15)22)29-14-16-6-8-17(9-7-16)24(28)26-21-5-3-2-4-20(21)25/h2-13H,14H2,1H3,(H,26,28). The maximum Gasteiger partial charge on any atom is 0.336 e. The number of aryl methyl sites for hydroxylation is 1. The maximum absolute atomic E-state index is 12.4. The largest absolute Gasteiger partial charge is 0.489 e. The van der Waals surface area contributed by atoms with Crippen LogP contribution in [-0.4, -0.2) is 5.91 Å². The number of hydrogen-bond donors (Lipinski definition) is 1. The third-order valence-electron chi connectivity index (χ3n) is 4.67. The number of benzene rings is 3. The lowest BCUT2D eigenvalue weighted by atomic mass is 10.1. The minimum absolute atomic E-state index is 0.240. The highest BCUT2D eigenvalue weighted by atomic mass is 35.5. The topological polar surface area (TPSA) is 68.5 Å². The second kappa shape index (κ2) is 8.43. The molecule has 5 nitrogen and oxygen atoms in total. The van der Waals surface area contributed by atoms with Crippen LogP contribution in [0.4, 0.5) is 5.69 Å². The Morgan fingerprint density at radius 3 is 2.57 bits per heavy atom. The van der Waals surface area contributed by atoms with Crippen LogP contribution >= 0.6 is 11.6 Å². The number of amides is 1. The molecular weight excluding hydrogens is 402 g/mol. The zero-order valence-corrected chi connectivity index (χ0v) is 16.9. The van der Waals surface area contributed by atoms with E-state index in [2.05, 4.69) is 5.32 Å². The van der Waals surface area contributed by atoms with Gasteiger partial charge < -0.3 is 14.5 Å². The fraction of sp³-hybridized carbons (Fsp3) is 0.0833. The SMILES string of the molecule is Cc1cc(=O)oc2cc(OCc3ccc(C(=O)Nc4ccccc4Cl)cc3)ccc12. The molecule has 0 aliphatic carbocycles. The first-order valence-corrected chi connectivity index (χ1v) is 9.69. The number of carbonyl (C=O) groups excluding carboxylic acids is 1. The van der Waals surface area contributed by atoms with E-state index in [1.165, 1.54) is 6.07 Å². The molecule has 0 bridgehead atoms. The molecular formula is C24H18ClNO4. The first-order valence-electron chi connectivity index (χ1n) is 9.32. The average molecular weight is 420 g/mol. The van der Waals surface area contributed by atoms with E-state index in [1.807, 2.05) is 31.2 Å². The van der Waals surface area contributed by atoms with Crippen LogP contribution in [0.2, 0.25) is 5.02 Å². The minimum Gasteiger partial charge on any atom is -0.489 e. The van der Waals surface area contributed by atoms with Crippen molar-refractivity contribution in [2.24, 2.45) is 0 Å². The number of carbonyl (C=O) groups is 1. The van der Waals surface area contributed by atoms with Crippen LogP contribution in [-0.2, 0) is 6.61 Å². The Hall–Kier alpha value is -3.57. The van der Waals surface area contributed by atoms with Crippen LogP contribution in [0.15, 0.2) is 82.0 Å². The fourth-order valence-electron chi connectivity index (χ4n) is 3.07. The molecule has 150 valence electrons. The molecule has 0 aliphatic rings. The molecule has 4 aromatic rings. The number of para-hydroxylation sites is 1. The summed E-state index contributed by atoms with van der Waals surface area (Å²) in [7, 11) is 0. The van der Waals surface area contributed by atoms with Gasteiger partial charge >= 0.3 is 5.63 Å². The van der Waals surface area contributed by atoms with E-state index in [9.17, 15) is 9.59 Å². The van der Waals surface area contributed by atoms with E-state index in [0.29, 0.717) is 34.2 Å². The normalized spacial score (nSPS) is 10.7. The Morgan fingerprint density at radius 1 is 1.03 bits per heavy atom. The quantitative estimate of drug-likeness (QED) is 0.428. The third-order valence-corrected chi connectivity index (χ3v) is 5.00. The second-order valence-electron chi connectivity index (χ2n) is 6.83. The molecule has 30 heavy (non-hydrogen) atoms. The Morgan fingerprint density at radius 2 is 1.80 bits per heavy atom. The van der Waals surface area contributed by atoms with Crippen molar-refractivity contribution < 1.29 is 13.9 Å². The summed E-state index contributed by atoms with van der Waals surface area (Å²) in [5.74, 6) is 0.354.